The Bertz CT molecular complexity index is 815. The van der Waals surface area contributed by atoms with Gasteiger partial charge in [-0.25, -0.2) is 4.79 Å². The molecule has 0 bridgehead atoms. The van der Waals surface area contributed by atoms with Crippen LogP contribution in [0.1, 0.15) is 41.8 Å². The molecule has 2 heterocycles. The molecule has 0 radical (unpaired) electrons. The van der Waals surface area contributed by atoms with Crippen LogP contribution in [0.15, 0.2) is 24.3 Å². The van der Waals surface area contributed by atoms with Gasteiger partial charge in [0.25, 0.3) is 0 Å². The summed E-state index contributed by atoms with van der Waals surface area (Å²) in [5.41, 5.74) is 0.603. The van der Waals surface area contributed by atoms with Gasteiger partial charge in [0.15, 0.2) is 0 Å². The zero-order valence-electron chi connectivity index (χ0n) is 13.8. The third kappa shape index (κ3) is 4.36. The largest absolute Gasteiger partial charge is 0.477 e. The molecule has 0 atom stereocenters. The van der Waals surface area contributed by atoms with E-state index in [1.807, 2.05) is 0 Å². The number of likely N-dealkylation sites (tertiary alicyclic amines) is 1. The Hall–Kier alpha value is -2.41. The van der Waals surface area contributed by atoms with Gasteiger partial charge in [0.2, 0.25) is 11.8 Å². The van der Waals surface area contributed by atoms with Gasteiger partial charge in [0.1, 0.15) is 4.88 Å². The number of nitrogens with zero attached hydrogens (tertiary/aromatic N) is 1. The lowest BCUT2D eigenvalue weighted by molar-refractivity contribution is -0.135. The summed E-state index contributed by atoms with van der Waals surface area (Å²) in [5.74, 6) is -1.15. The van der Waals surface area contributed by atoms with Crippen molar-refractivity contribution in [3.63, 3.8) is 0 Å². The number of amides is 2. The summed E-state index contributed by atoms with van der Waals surface area (Å²) in [6.45, 7) is 0.679. The van der Waals surface area contributed by atoms with Crippen LogP contribution in [0.5, 0.6) is 0 Å². The van der Waals surface area contributed by atoms with Gasteiger partial charge in [-0.05, 0) is 42.5 Å². The zero-order chi connectivity index (χ0) is 17.8. The van der Waals surface area contributed by atoms with Crippen molar-refractivity contribution in [1.82, 2.24) is 4.90 Å². The zero-order valence-corrected chi connectivity index (χ0v) is 14.6. The minimum absolute atomic E-state index is 0.0363. The van der Waals surface area contributed by atoms with Crippen LogP contribution in [-0.4, -0.2) is 40.9 Å². The van der Waals surface area contributed by atoms with Gasteiger partial charge in [-0.1, -0.05) is 12.8 Å². The fourth-order valence-corrected chi connectivity index (χ4v) is 3.86. The first kappa shape index (κ1) is 17.4. The molecule has 2 amide bonds. The maximum absolute atomic E-state index is 12.3. The molecule has 2 N–H and O–H groups in total. The van der Waals surface area contributed by atoms with Gasteiger partial charge in [0.05, 0.1) is 6.54 Å². The summed E-state index contributed by atoms with van der Waals surface area (Å²) in [4.78, 5) is 37.3. The molecule has 2 aromatic rings. The lowest BCUT2D eigenvalue weighted by atomic mass is 10.1. The van der Waals surface area contributed by atoms with E-state index >= 15 is 0 Å². The summed E-state index contributed by atoms with van der Waals surface area (Å²) in [6, 6.07) is 6.90. The molecule has 6 nitrogen and oxygen atoms in total. The molecule has 0 spiro atoms. The molecule has 3 rings (SSSR count). The molecular formula is C18H20N2O4S. The fraction of sp³-hybridized carbons (Fsp3) is 0.389. The number of hydrogen-bond donors (Lipinski definition) is 2. The summed E-state index contributed by atoms with van der Waals surface area (Å²) < 4.78 is 0.856. The number of anilines is 1. The van der Waals surface area contributed by atoms with Crippen LogP contribution in [0.2, 0.25) is 0 Å². The highest BCUT2D eigenvalue weighted by Crippen LogP contribution is 2.28. The van der Waals surface area contributed by atoms with E-state index in [2.05, 4.69) is 5.32 Å². The number of carbonyl (C=O) groups is 3. The predicted octanol–water partition coefficient (Wildman–Crippen LogP) is 3.33. The first-order valence-electron chi connectivity index (χ1n) is 8.37. The average molecular weight is 360 g/mol. The number of carboxylic acid groups (broad SMARTS) is 1. The quantitative estimate of drug-likeness (QED) is 0.875. The van der Waals surface area contributed by atoms with E-state index in [-0.39, 0.29) is 23.2 Å². The van der Waals surface area contributed by atoms with Crippen molar-refractivity contribution < 1.29 is 19.5 Å². The lowest BCUT2D eigenvalue weighted by Gasteiger charge is -2.24. The highest BCUT2D eigenvalue weighted by Gasteiger charge is 2.18. The van der Waals surface area contributed by atoms with E-state index in [9.17, 15) is 14.4 Å². The van der Waals surface area contributed by atoms with Crippen molar-refractivity contribution in [3.05, 3.63) is 29.1 Å². The minimum Gasteiger partial charge on any atom is -0.477 e. The molecule has 0 unspecified atom stereocenters. The number of aromatic carboxylic acids is 1. The molecule has 1 aromatic heterocycles. The summed E-state index contributed by atoms with van der Waals surface area (Å²) >= 11 is 1.20. The van der Waals surface area contributed by atoms with Crippen LogP contribution in [0.3, 0.4) is 0 Å². The smallest absolute Gasteiger partial charge is 0.345 e. The third-order valence-electron chi connectivity index (χ3n) is 4.27. The topological polar surface area (TPSA) is 86.7 Å². The number of hydrogen-bond acceptors (Lipinski definition) is 4. The molecular weight excluding hydrogens is 340 g/mol. The van der Waals surface area contributed by atoms with Crippen molar-refractivity contribution in [2.45, 2.75) is 32.1 Å². The Kier molecular flexibility index (Phi) is 5.33. The number of carbonyl (C=O) groups excluding carboxylic acids is 2. The van der Waals surface area contributed by atoms with Gasteiger partial charge in [-0.15, -0.1) is 11.3 Å². The van der Waals surface area contributed by atoms with Crippen LogP contribution in [0.4, 0.5) is 5.69 Å². The average Bonchev–Trinajstić information content (AvgIpc) is 2.98. The molecule has 1 aromatic carbocycles. The molecule has 1 fully saturated rings. The van der Waals surface area contributed by atoms with Gasteiger partial charge >= 0.3 is 5.97 Å². The second kappa shape index (κ2) is 7.65. The van der Waals surface area contributed by atoms with Crippen LogP contribution in [0, 0.1) is 0 Å². The van der Waals surface area contributed by atoms with E-state index in [0.717, 1.165) is 35.8 Å². The van der Waals surface area contributed by atoms with Gasteiger partial charge in [0, 0.05) is 23.4 Å². The van der Waals surface area contributed by atoms with Crippen molar-refractivity contribution in [2.24, 2.45) is 0 Å². The van der Waals surface area contributed by atoms with Gasteiger partial charge in [-0.2, -0.15) is 0 Å². The molecule has 7 heteroatoms. The second-order valence-corrected chi connectivity index (χ2v) is 7.28. The standard InChI is InChI=1S/C18H20N2O4S/c21-16(11-20-8-4-2-1-3-5-17(20)22)19-13-6-7-14-12(9-13)10-15(25-14)18(23)24/h6-7,9-10H,1-5,8,11H2,(H,19,21)(H,23,24). The minimum atomic E-state index is -0.956. The predicted molar refractivity (Wildman–Crippen MR) is 97.1 cm³/mol. The molecule has 1 saturated heterocycles. The number of fused-ring (bicyclic) bond motifs is 1. The van der Waals surface area contributed by atoms with Crippen LogP contribution >= 0.6 is 11.3 Å². The van der Waals surface area contributed by atoms with Crippen molar-refractivity contribution in [2.75, 3.05) is 18.4 Å². The normalized spacial score (nSPS) is 15.7. The monoisotopic (exact) mass is 360 g/mol. The van der Waals surface area contributed by atoms with Gasteiger partial charge in [-0.3, -0.25) is 9.59 Å². The fourth-order valence-electron chi connectivity index (χ4n) is 2.98. The summed E-state index contributed by atoms with van der Waals surface area (Å²) in [7, 11) is 0. The van der Waals surface area contributed by atoms with E-state index in [4.69, 9.17) is 5.11 Å². The number of nitrogens with one attached hydrogen (secondary N) is 1. The number of thiophene rings is 1. The highest BCUT2D eigenvalue weighted by atomic mass is 32.1. The molecule has 0 saturated carbocycles. The summed E-state index contributed by atoms with van der Waals surface area (Å²) in [5, 5.41) is 12.6. The Morgan fingerprint density at radius 2 is 1.96 bits per heavy atom. The molecule has 1 aliphatic rings. The maximum atomic E-state index is 12.3. The second-order valence-electron chi connectivity index (χ2n) is 6.20. The van der Waals surface area contributed by atoms with Crippen LogP contribution in [0.25, 0.3) is 10.1 Å². The Morgan fingerprint density at radius 3 is 2.76 bits per heavy atom. The first-order chi connectivity index (χ1) is 12.0. The van der Waals surface area contributed by atoms with Crippen molar-refractivity contribution in [3.8, 4) is 0 Å². The number of benzene rings is 1. The van der Waals surface area contributed by atoms with Gasteiger partial charge < -0.3 is 15.3 Å². The van der Waals surface area contributed by atoms with E-state index in [1.54, 1.807) is 29.2 Å². The molecule has 25 heavy (non-hydrogen) atoms. The maximum Gasteiger partial charge on any atom is 0.345 e. The van der Waals surface area contributed by atoms with E-state index in [1.165, 1.54) is 11.3 Å². The first-order valence-corrected chi connectivity index (χ1v) is 9.19. The van der Waals surface area contributed by atoms with Crippen LogP contribution < -0.4 is 5.32 Å². The Balaban J connectivity index is 1.66. The number of rotatable bonds is 4. The third-order valence-corrected chi connectivity index (χ3v) is 5.37. The van der Waals surface area contributed by atoms with Crippen molar-refractivity contribution in [1.29, 1.82) is 0 Å². The number of carboxylic acids is 1. The molecule has 1 aliphatic heterocycles. The SMILES string of the molecule is O=C(CN1CCCCCCC1=O)Nc1ccc2sc(C(=O)O)cc2c1. The van der Waals surface area contributed by atoms with Crippen molar-refractivity contribution >= 4 is 44.9 Å². The Morgan fingerprint density at radius 1 is 1.16 bits per heavy atom. The lowest BCUT2D eigenvalue weighted by Crippen LogP contribution is -2.39. The summed E-state index contributed by atoms with van der Waals surface area (Å²) in [6.07, 6.45) is 4.48. The molecule has 132 valence electrons. The molecule has 0 aliphatic carbocycles. The highest BCUT2D eigenvalue weighted by molar-refractivity contribution is 7.20. The van der Waals surface area contributed by atoms with E-state index < -0.39 is 5.97 Å². The van der Waals surface area contributed by atoms with E-state index in [0.29, 0.717) is 18.7 Å². The Labute approximate surface area is 149 Å². The van der Waals surface area contributed by atoms with Crippen LogP contribution in [-0.2, 0) is 9.59 Å².